The number of hydrogen-bond donors (Lipinski definition) is 1. The van der Waals surface area contributed by atoms with Crippen LogP contribution in [-0.4, -0.2) is 11.1 Å². The molecule has 0 aromatic carbocycles. The first-order valence-corrected chi connectivity index (χ1v) is 8.89. The number of unbranched alkanes of at least 4 members (excludes halogenated alkanes) is 4. The van der Waals surface area contributed by atoms with Crippen molar-refractivity contribution in [2.24, 2.45) is 11.8 Å². The van der Waals surface area contributed by atoms with Crippen LogP contribution in [0.15, 0.2) is 36.5 Å². The van der Waals surface area contributed by atoms with Crippen LogP contribution in [0, 0.1) is 11.8 Å². The molecule has 0 aromatic rings. The maximum absolute atomic E-state index is 10.5. The second kappa shape index (κ2) is 11.3. The maximum Gasteiger partial charge on any atom is 0.303 e. The minimum Gasteiger partial charge on any atom is -0.481 e. The zero-order chi connectivity index (χ0) is 16.2. The molecule has 0 spiro atoms. The van der Waals surface area contributed by atoms with Gasteiger partial charge in [-0.1, -0.05) is 62.6 Å². The van der Waals surface area contributed by atoms with Gasteiger partial charge in [-0.25, -0.2) is 0 Å². The monoisotopic (exact) mass is 304 g/mol. The summed E-state index contributed by atoms with van der Waals surface area (Å²) in [6.45, 7) is 6.48. The van der Waals surface area contributed by atoms with Crippen molar-refractivity contribution in [1.29, 1.82) is 0 Å². The number of allylic oxidation sites excluding steroid dienone is 5. The van der Waals surface area contributed by atoms with E-state index in [9.17, 15) is 4.79 Å². The van der Waals surface area contributed by atoms with Crippen molar-refractivity contribution in [2.45, 2.75) is 71.1 Å². The molecule has 0 unspecified atom stereocenters. The van der Waals surface area contributed by atoms with Crippen molar-refractivity contribution < 1.29 is 9.90 Å². The van der Waals surface area contributed by atoms with Gasteiger partial charge < -0.3 is 5.11 Å². The van der Waals surface area contributed by atoms with E-state index in [2.05, 4.69) is 37.8 Å². The predicted octanol–water partition coefficient (Wildman–Crippen LogP) is 5.91. The Morgan fingerprint density at radius 3 is 2.68 bits per heavy atom. The van der Waals surface area contributed by atoms with Gasteiger partial charge in [-0.2, -0.15) is 0 Å². The zero-order valence-electron chi connectivity index (χ0n) is 14.1. The Labute approximate surface area is 136 Å². The molecule has 22 heavy (non-hydrogen) atoms. The summed E-state index contributed by atoms with van der Waals surface area (Å²) in [6.07, 6.45) is 19.7. The van der Waals surface area contributed by atoms with E-state index in [1.54, 1.807) is 0 Å². The highest BCUT2D eigenvalue weighted by molar-refractivity contribution is 5.66. The normalized spacial score (nSPS) is 21.9. The summed E-state index contributed by atoms with van der Waals surface area (Å²) in [5, 5.41) is 8.62. The number of hydrogen-bond acceptors (Lipinski definition) is 1. The average Bonchev–Trinajstić information content (AvgIpc) is 2.94. The third-order valence-electron chi connectivity index (χ3n) is 4.50. The molecule has 0 aliphatic heterocycles. The quantitative estimate of drug-likeness (QED) is 0.293. The molecule has 0 amide bonds. The van der Waals surface area contributed by atoms with Gasteiger partial charge >= 0.3 is 5.97 Å². The summed E-state index contributed by atoms with van der Waals surface area (Å²) in [4.78, 5) is 10.5. The molecule has 1 N–H and O–H groups in total. The Morgan fingerprint density at radius 1 is 1.18 bits per heavy atom. The fourth-order valence-corrected chi connectivity index (χ4v) is 3.19. The van der Waals surface area contributed by atoms with Gasteiger partial charge in [0.25, 0.3) is 0 Å². The SMILES string of the molecule is C=C(C=CCCCC(=O)O)[C@H]1CCC[C@@H]1C=CCCCCC. The number of carbonyl (C=O) groups is 1. The Hall–Kier alpha value is -1.31. The summed E-state index contributed by atoms with van der Waals surface area (Å²) in [7, 11) is 0. The van der Waals surface area contributed by atoms with E-state index in [-0.39, 0.29) is 6.42 Å². The van der Waals surface area contributed by atoms with E-state index >= 15 is 0 Å². The van der Waals surface area contributed by atoms with Crippen molar-refractivity contribution in [1.82, 2.24) is 0 Å². The summed E-state index contributed by atoms with van der Waals surface area (Å²) < 4.78 is 0. The minimum absolute atomic E-state index is 0.253. The number of carboxylic acid groups (broad SMARTS) is 1. The molecule has 1 aliphatic carbocycles. The van der Waals surface area contributed by atoms with Gasteiger partial charge in [0, 0.05) is 6.42 Å². The van der Waals surface area contributed by atoms with Crippen LogP contribution in [0.3, 0.4) is 0 Å². The van der Waals surface area contributed by atoms with Crippen LogP contribution >= 0.6 is 0 Å². The molecule has 2 atom stereocenters. The molecule has 2 heteroatoms. The first kappa shape index (κ1) is 18.7. The third-order valence-corrected chi connectivity index (χ3v) is 4.50. The highest BCUT2D eigenvalue weighted by Crippen LogP contribution is 2.37. The molecule has 0 bridgehead atoms. The summed E-state index contributed by atoms with van der Waals surface area (Å²) in [6, 6.07) is 0. The van der Waals surface area contributed by atoms with Crippen LogP contribution in [-0.2, 0) is 4.79 Å². The molecular formula is C20H32O2. The number of rotatable bonds is 11. The molecular weight excluding hydrogens is 272 g/mol. The first-order chi connectivity index (χ1) is 10.6. The van der Waals surface area contributed by atoms with Crippen LogP contribution < -0.4 is 0 Å². The molecule has 0 heterocycles. The first-order valence-electron chi connectivity index (χ1n) is 8.89. The van der Waals surface area contributed by atoms with E-state index in [1.165, 1.54) is 50.5 Å². The highest BCUT2D eigenvalue weighted by Gasteiger charge is 2.26. The maximum atomic E-state index is 10.5. The Bertz CT molecular complexity index is 393. The summed E-state index contributed by atoms with van der Waals surface area (Å²) >= 11 is 0. The summed E-state index contributed by atoms with van der Waals surface area (Å²) in [5.74, 6) is 0.521. The fourth-order valence-electron chi connectivity index (χ4n) is 3.19. The highest BCUT2D eigenvalue weighted by atomic mass is 16.4. The van der Waals surface area contributed by atoms with Crippen LogP contribution in [0.1, 0.15) is 71.1 Å². The minimum atomic E-state index is -0.712. The predicted molar refractivity (Wildman–Crippen MR) is 93.9 cm³/mol. The average molecular weight is 304 g/mol. The molecule has 0 aromatic heterocycles. The lowest BCUT2D eigenvalue weighted by Gasteiger charge is -2.16. The van der Waals surface area contributed by atoms with Crippen molar-refractivity contribution in [2.75, 3.05) is 0 Å². The van der Waals surface area contributed by atoms with E-state index < -0.39 is 5.97 Å². The lowest BCUT2D eigenvalue weighted by Crippen LogP contribution is -2.06. The van der Waals surface area contributed by atoms with Crippen molar-refractivity contribution >= 4 is 5.97 Å². The van der Waals surface area contributed by atoms with Gasteiger partial charge in [0.15, 0.2) is 0 Å². The van der Waals surface area contributed by atoms with Crippen LogP contribution in [0.4, 0.5) is 0 Å². The van der Waals surface area contributed by atoms with Gasteiger partial charge in [0.05, 0.1) is 0 Å². The molecule has 1 fully saturated rings. The Morgan fingerprint density at radius 2 is 1.95 bits per heavy atom. The lowest BCUT2D eigenvalue weighted by atomic mass is 9.88. The molecule has 0 radical (unpaired) electrons. The van der Waals surface area contributed by atoms with Gasteiger partial charge in [-0.05, 0) is 50.4 Å². The van der Waals surface area contributed by atoms with Crippen molar-refractivity contribution in [3.05, 3.63) is 36.5 Å². The molecule has 124 valence electrons. The summed E-state index contributed by atoms with van der Waals surface area (Å²) in [5.41, 5.74) is 1.22. The fraction of sp³-hybridized carbons (Fsp3) is 0.650. The molecule has 2 nitrogen and oxygen atoms in total. The van der Waals surface area contributed by atoms with Crippen molar-refractivity contribution in [3.8, 4) is 0 Å². The smallest absolute Gasteiger partial charge is 0.303 e. The van der Waals surface area contributed by atoms with Crippen LogP contribution in [0.25, 0.3) is 0 Å². The van der Waals surface area contributed by atoms with Gasteiger partial charge in [0.2, 0.25) is 0 Å². The van der Waals surface area contributed by atoms with E-state index in [4.69, 9.17) is 5.11 Å². The standard InChI is InChI=1S/C20H32O2/c1-3-4-5-6-9-13-18-14-11-15-19(18)17(2)12-8-7-10-16-20(21)22/h8-9,12-13,18-19H,2-7,10-11,14-16H2,1H3,(H,21,22)/t18-,19+/m0/s1. The lowest BCUT2D eigenvalue weighted by molar-refractivity contribution is -0.137. The van der Waals surface area contributed by atoms with Crippen LogP contribution in [0.5, 0.6) is 0 Å². The second-order valence-corrected chi connectivity index (χ2v) is 6.39. The molecule has 1 saturated carbocycles. The van der Waals surface area contributed by atoms with E-state index in [1.807, 2.05) is 0 Å². The van der Waals surface area contributed by atoms with E-state index in [0.717, 1.165) is 6.42 Å². The second-order valence-electron chi connectivity index (χ2n) is 6.39. The largest absolute Gasteiger partial charge is 0.481 e. The van der Waals surface area contributed by atoms with Crippen molar-refractivity contribution in [3.63, 3.8) is 0 Å². The Kier molecular flexibility index (Phi) is 9.61. The van der Waals surface area contributed by atoms with Crippen LogP contribution in [0.2, 0.25) is 0 Å². The molecule has 1 aliphatic rings. The Balaban J connectivity index is 2.33. The number of carboxylic acids is 1. The molecule has 0 saturated heterocycles. The van der Waals surface area contributed by atoms with Gasteiger partial charge in [-0.3, -0.25) is 4.79 Å². The zero-order valence-corrected chi connectivity index (χ0v) is 14.1. The topological polar surface area (TPSA) is 37.3 Å². The van der Waals surface area contributed by atoms with Gasteiger partial charge in [-0.15, -0.1) is 0 Å². The molecule has 1 rings (SSSR count). The number of aliphatic carboxylic acids is 1. The van der Waals surface area contributed by atoms with Gasteiger partial charge in [0.1, 0.15) is 0 Å². The third kappa shape index (κ3) is 7.63. The van der Waals surface area contributed by atoms with E-state index in [0.29, 0.717) is 18.3 Å².